The number of thiocarbonyl (C=S) groups is 1. The fourth-order valence-electron chi connectivity index (χ4n) is 1.44. The minimum Gasteiger partial charge on any atom is -0.495 e. The Hall–Kier alpha value is -0.660. The van der Waals surface area contributed by atoms with Crippen LogP contribution in [-0.4, -0.2) is 34.0 Å². The molecule has 0 radical (unpaired) electrons. The minimum absolute atomic E-state index is 0.135. The van der Waals surface area contributed by atoms with E-state index in [1.807, 2.05) is 6.07 Å². The summed E-state index contributed by atoms with van der Waals surface area (Å²) in [5.74, 6) is -0.196. The topological polar surface area (TPSA) is 62.4 Å². The van der Waals surface area contributed by atoms with Crippen molar-refractivity contribution in [3.63, 3.8) is 0 Å². The lowest BCUT2D eigenvalue weighted by Crippen LogP contribution is -2.56. The number of alkyl halides is 4. The van der Waals surface area contributed by atoms with E-state index in [-0.39, 0.29) is 11.0 Å². The van der Waals surface area contributed by atoms with Gasteiger partial charge in [0.1, 0.15) is 17.8 Å². The Balaban J connectivity index is 2.77. The van der Waals surface area contributed by atoms with Gasteiger partial charge < -0.3 is 20.7 Å². The fraction of sp³-hybridized carbons (Fsp3) is 0.333. The van der Waals surface area contributed by atoms with E-state index in [0.717, 1.165) is 0 Å². The van der Waals surface area contributed by atoms with E-state index in [1.54, 1.807) is 18.2 Å². The first-order valence-corrected chi connectivity index (χ1v) is 7.98. The van der Waals surface area contributed by atoms with Crippen molar-refractivity contribution in [1.29, 1.82) is 0 Å². The number of hydrogen-bond donors (Lipinski definition) is 3. The van der Waals surface area contributed by atoms with Gasteiger partial charge in [-0.2, -0.15) is 0 Å². The van der Waals surface area contributed by atoms with E-state index in [4.69, 9.17) is 63.4 Å². The second-order valence-corrected chi connectivity index (χ2v) is 7.02. The van der Waals surface area contributed by atoms with Gasteiger partial charge in [0.15, 0.2) is 5.11 Å². The summed E-state index contributed by atoms with van der Waals surface area (Å²) < 4.78 is 3.36. The lowest BCUT2D eigenvalue weighted by atomic mass is 10.3. The number of rotatable bonds is 5. The average molecular weight is 405 g/mol. The third-order valence-corrected chi connectivity index (χ3v) is 3.50. The first-order chi connectivity index (χ1) is 10.3. The van der Waals surface area contributed by atoms with E-state index < -0.39 is 15.9 Å². The van der Waals surface area contributed by atoms with Gasteiger partial charge in [0, 0.05) is 0 Å². The summed E-state index contributed by atoms with van der Waals surface area (Å²) in [5.41, 5.74) is 0.620. The number of ether oxygens (including phenoxy) is 1. The van der Waals surface area contributed by atoms with Gasteiger partial charge in [0.2, 0.25) is 9.70 Å². The first kappa shape index (κ1) is 19.4. The lowest BCUT2D eigenvalue weighted by molar-refractivity contribution is -0.119. The summed E-state index contributed by atoms with van der Waals surface area (Å²) in [6, 6.07) is 7.13. The predicted molar refractivity (Wildman–Crippen MR) is 95.3 cm³/mol. The third-order valence-electron chi connectivity index (χ3n) is 2.38. The van der Waals surface area contributed by atoms with Crippen LogP contribution in [0.25, 0.3) is 0 Å². The molecule has 0 spiro atoms. The van der Waals surface area contributed by atoms with E-state index in [1.165, 1.54) is 7.11 Å². The molecule has 0 aliphatic rings. The molecule has 0 saturated carbocycles. The Morgan fingerprint density at radius 3 is 2.50 bits per heavy atom. The normalized spacial score (nSPS) is 12.2. The summed E-state index contributed by atoms with van der Waals surface area (Å²) in [6.07, 6.45) is -1.06. The number of amides is 1. The van der Waals surface area contributed by atoms with Crippen LogP contribution in [0.1, 0.15) is 0 Å². The molecule has 0 fully saturated rings. The van der Waals surface area contributed by atoms with Crippen molar-refractivity contribution >= 4 is 75.3 Å². The molecule has 1 atom stereocenters. The van der Waals surface area contributed by atoms with E-state index in [2.05, 4.69) is 16.0 Å². The van der Waals surface area contributed by atoms with Crippen molar-refractivity contribution in [2.75, 3.05) is 18.3 Å². The fourth-order valence-corrected chi connectivity index (χ4v) is 2.07. The highest BCUT2D eigenvalue weighted by Gasteiger charge is 2.34. The highest BCUT2D eigenvalue weighted by Crippen LogP contribution is 2.29. The van der Waals surface area contributed by atoms with Gasteiger partial charge in [-0.3, -0.25) is 4.79 Å². The van der Waals surface area contributed by atoms with Gasteiger partial charge in [0.25, 0.3) is 0 Å². The molecule has 1 rings (SSSR count). The number of para-hydroxylation sites is 2. The van der Waals surface area contributed by atoms with Crippen molar-refractivity contribution in [2.24, 2.45) is 0 Å². The van der Waals surface area contributed by atoms with Crippen LogP contribution in [0, 0.1) is 0 Å². The Morgan fingerprint density at radius 2 is 1.95 bits per heavy atom. The van der Waals surface area contributed by atoms with Gasteiger partial charge in [-0.15, -0.1) is 11.6 Å². The van der Waals surface area contributed by atoms with Crippen molar-refractivity contribution in [1.82, 2.24) is 10.6 Å². The number of anilines is 1. The van der Waals surface area contributed by atoms with Crippen LogP contribution in [0.3, 0.4) is 0 Å². The Labute approximate surface area is 153 Å². The zero-order chi connectivity index (χ0) is 16.8. The molecule has 0 aliphatic carbocycles. The Bertz CT molecular complexity index is 539. The molecule has 122 valence electrons. The molecule has 0 bridgehead atoms. The molecule has 1 aromatic rings. The molecule has 22 heavy (non-hydrogen) atoms. The number of nitrogens with one attached hydrogen (secondary N) is 3. The SMILES string of the molecule is COc1ccccc1NC(=S)NC(NC(=O)CCl)C(Cl)(Cl)Cl. The van der Waals surface area contributed by atoms with Crippen molar-refractivity contribution in [3.8, 4) is 5.75 Å². The maximum atomic E-state index is 11.4. The van der Waals surface area contributed by atoms with Gasteiger partial charge in [0.05, 0.1) is 12.8 Å². The molecule has 1 amide bonds. The molecule has 3 N–H and O–H groups in total. The molecule has 0 heterocycles. The average Bonchev–Trinajstić information content (AvgIpc) is 2.45. The van der Waals surface area contributed by atoms with Gasteiger partial charge in [-0.25, -0.2) is 0 Å². The number of carbonyl (C=O) groups is 1. The van der Waals surface area contributed by atoms with Crippen LogP contribution in [0.15, 0.2) is 24.3 Å². The molecule has 10 heteroatoms. The lowest BCUT2D eigenvalue weighted by Gasteiger charge is -2.27. The van der Waals surface area contributed by atoms with Gasteiger partial charge in [-0.1, -0.05) is 46.9 Å². The maximum absolute atomic E-state index is 11.4. The van der Waals surface area contributed by atoms with Crippen LogP contribution in [0.5, 0.6) is 5.75 Å². The summed E-state index contributed by atoms with van der Waals surface area (Å²) in [7, 11) is 1.53. The maximum Gasteiger partial charge on any atom is 0.236 e. The highest BCUT2D eigenvalue weighted by atomic mass is 35.6. The molecule has 5 nitrogen and oxygen atoms in total. The van der Waals surface area contributed by atoms with Crippen molar-refractivity contribution < 1.29 is 9.53 Å². The zero-order valence-corrected chi connectivity index (χ0v) is 15.2. The molecule has 0 aromatic heterocycles. The highest BCUT2D eigenvalue weighted by molar-refractivity contribution is 7.80. The van der Waals surface area contributed by atoms with Crippen LogP contribution >= 0.6 is 58.6 Å². The largest absolute Gasteiger partial charge is 0.495 e. The molecule has 1 aromatic carbocycles. The smallest absolute Gasteiger partial charge is 0.236 e. The van der Waals surface area contributed by atoms with E-state index in [9.17, 15) is 4.79 Å². The van der Waals surface area contributed by atoms with Crippen molar-refractivity contribution in [2.45, 2.75) is 9.96 Å². The Morgan fingerprint density at radius 1 is 1.32 bits per heavy atom. The summed E-state index contributed by atoms with van der Waals surface area (Å²) in [5, 5.41) is 8.14. The number of carbonyl (C=O) groups excluding carboxylic acids is 1. The molecular weight excluding hydrogens is 392 g/mol. The van der Waals surface area contributed by atoms with Crippen molar-refractivity contribution in [3.05, 3.63) is 24.3 Å². The summed E-state index contributed by atoms with van der Waals surface area (Å²) in [4.78, 5) is 11.4. The van der Waals surface area contributed by atoms with Crippen LogP contribution in [-0.2, 0) is 4.79 Å². The molecular formula is C12H13Cl4N3O2S. The first-order valence-electron chi connectivity index (χ1n) is 5.90. The van der Waals surface area contributed by atoms with Gasteiger partial charge >= 0.3 is 0 Å². The Kier molecular flexibility index (Phi) is 7.79. The number of halogens is 4. The predicted octanol–water partition coefficient (Wildman–Crippen LogP) is 3.03. The van der Waals surface area contributed by atoms with Gasteiger partial charge in [-0.05, 0) is 24.4 Å². The van der Waals surface area contributed by atoms with Crippen LogP contribution in [0.4, 0.5) is 5.69 Å². The summed E-state index contributed by atoms with van der Waals surface area (Å²) >= 11 is 28.0. The third kappa shape index (κ3) is 6.22. The van der Waals surface area contributed by atoms with Crippen LogP contribution in [0.2, 0.25) is 0 Å². The number of benzene rings is 1. The summed E-state index contributed by atoms with van der Waals surface area (Å²) in [6.45, 7) is 0. The minimum atomic E-state index is -1.83. The van der Waals surface area contributed by atoms with E-state index in [0.29, 0.717) is 11.4 Å². The second kappa shape index (κ2) is 8.84. The number of methoxy groups -OCH3 is 1. The number of hydrogen-bond acceptors (Lipinski definition) is 3. The van der Waals surface area contributed by atoms with E-state index >= 15 is 0 Å². The quantitative estimate of drug-likeness (QED) is 0.400. The monoisotopic (exact) mass is 403 g/mol. The standard InChI is InChI=1S/C12H13Cl4N3O2S/c1-21-8-5-3-2-4-7(8)17-11(22)19-10(12(14,15)16)18-9(20)6-13/h2-5,10H,6H2,1H3,(H,18,20)(H2,17,19,22). The molecule has 1 unspecified atom stereocenters. The molecule has 0 aliphatic heterocycles. The molecule has 0 saturated heterocycles. The zero-order valence-electron chi connectivity index (χ0n) is 11.3. The second-order valence-electron chi connectivity index (χ2n) is 3.97. The van der Waals surface area contributed by atoms with Crippen LogP contribution < -0.4 is 20.7 Å².